The Morgan fingerprint density at radius 2 is 2.22 bits per heavy atom. The molecule has 18 heavy (non-hydrogen) atoms. The molecule has 1 saturated heterocycles. The van der Waals surface area contributed by atoms with Crippen molar-refractivity contribution in [2.45, 2.75) is 6.92 Å². The number of rotatable bonds is 4. The molecule has 1 aliphatic rings. The average molecular weight is 243 g/mol. The maximum Gasteiger partial charge on any atom is 0.157 e. The van der Waals surface area contributed by atoms with Gasteiger partial charge in [-0.15, -0.1) is 0 Å². The third-order valence-electron chi connectivity index (χ3n) is 3.27. The van der Waals surface area contributed by atoms with Crippen molar-refractivity contribution < 1.29 is 4.74 Å². The van der Waals surface area contributed by atoms with Crippen LogP contribution in [0.1, 0.15) is 5.56 Å². The number of hydrogen-bond donors (Lipinski definition) is 1. The molecule has 0 saturated carbocycles. The molecular formula is C14H17N3O. The summed E-state index contributed by atoms with van der Waals surface area (Å²) >= 11 is 0. The van der Waals surface area contributed by atoms with Gasteiger partial charge in [-0.2, -0.15) is 5.10 Å². The van der Waals surface area contributed by atoms with E-state index in [1.54, 1.807) is 6.20 Å². The summed E-state index contributed by atoms with van der Waals surface area (Å²) in [5.41, 5.74) is 2.30. The van der Waals surface area contributed by atoms with Gasteiger partial charge in [0.05, 0.1) is 24.7 Å². The van der Waals surface area contributed by atoms with Crippen LogP contribution in [0, 0.1) is 12.8 Å². The van der Waals surface area contributed by atoms with Crippen LogP contribution >= 0.6 is 0 Å². The van der Waals surface area contributed by atoms with E-state index in [1.165, 1.54) is 5.56 Å². The average Bonchev–Trinajstić information content (AvgIpc) is 2.76. The van der Waals surface area contributed by atoms with Crippen LogP contribution in [0.3, 0.4) is 0 Å². The standard InChI is InChI=1S/C14H17N3O/c1-11-4-2-3-5-14(11)17-9-13(8-16-17)18-10-12-6-15-7-12/h2-5,8-9,12,15H,6-7,10H2,1H3. The van der Waals surface area contributed by atoms with E-state index < -0.39 is 0 Å². The Morgan fingerprint density at radius 1 is 1.39 bits per heavy atom. The van der Waals surface area contributed by atoms with Gasteiger partial charge in [0, 0.05) is 19.0 Å². The van der Waals surface area contributed by atoms with Crippen LogP contribution in [0.2, 0.25) is 0 Å². The second-order valence-electron chi connectivity index (χ2n) is 4.74. The highest BCUT2D eigenvalue weighted by Gasteiger charge is 2.17. The molecule has 2 heterocycles. The highest BCUT2D eigenvalue weighted by Crippen LogP contribution is 2.17. The molecule has 0 bridgehead atoms. The molecule has 0 amide bonds. The molecule has 1 N–H and O–H groups in total. The predicted molar refractivity (Wildman–Crippen MR) is 70.2 cm³/mol. The largest absolute Gasteiger partial charge is 0.490 e. The maximum atomic E-state index is 5.73. The minimum atomic E-state index is 0.645. The van der Waals surface area contributed by atoms with Crippen molar-refractivity contribution in [3.05, 3.63) is 42.2 Å². The van der Waals surface area contributed by atoms with Gasteiger partial charge < -0.3 is 10.1 Å². The first-order valence-electron chi connectivity index (χ1n) is 6.27. The van der Waals surface area contributed by atoms with Crippen LogP contribution in [-0.2, 0) is 0 Å². The first kappa shape index (κ1) is 11.3. The molecule has 3 rings (SSSR count). The molecule has 1 aromatic carbocycles. The molecule has 1 fully saturated rings. The molecule has 0 atom stereocenters. The van der Waals surface area contributed by atoms with Crippen LogP contribution in [0.15, 0.2) is 36.7 Å². The zero-order valence-corrected chi connectivity index (χ0v) is 10.5. The van der Waals surface area contributed by atoms with Gasteiger partial charge in [-0.05, 0) is 18.6 Å². The molecular weight excluding hydrogens is 226 g/mol. The summed E-state index contributed by atoms with van der Waals surface area (Å²) in [5, 5.41) is 7.58. The Bertz CT molecular complexity index is 531. The van der Waals surface area contributed by atoms with Crippen molar-refractivity contribution in [3.63, 3.8) is 0 Å². The Labute approximate surface area is 107 Å². The van der Waals surface area contributed by atoms with E-state index in [0.29, 0.717) is 5.92 Å². The second kappa shape index (κ2) is 4.82. The highest BCUT2D eigenvalue weighted by molar-refractivity contribution is 5.40. The van der Waals surface area contributed by atoms with E-state index in [9.17, 15) is 0 Å². The number of hydrogen-bond acceptors (Lipinski definition) is 3. The molecule has 4 heteroatoms. The molecule has 94 valence electrons. The summed E-state index contributed by atoms with van der Waals surface area (Å²) in [7, 11) is 0. The monoisotopic (exact) mass is 243 g/mol. The molecule has 1 aliphatic heterocycles. The number of nitrogens with one attached hydrogen (secondary N) is 1. The number of para-hydroxylation sites is 1. The van der Waals surface area contributed by atoms with Gasteiger partial charge >= 0.3 is 0 Å². The van der Waals surface area contributed by atoms with E-state index in [0.717, 1.165) is 31.1 Å². The lowest BCUT2D eigenvalue weighted by Crippen LogP contribution is -2.45. The summed E-state index contributed by atoms with van der Waals surface area (Å²) < 4.78 is 7.59. The van der Waals surface area contributed by atoms with Gasteiger partial charge in [0.15, 0.2) is 5.75 Å². The fraction of sp³-hybridized carbons (Fsp3) is 0.357. The Balaban J connectivity index is 1.70. The van der Waals surface area contributed by atoms with Crippen LogP contribution in [0.25, 0.3) is 5.69 Å². The molecule has 4 nitrogen and oxygen atoms in total. The third-order valence-corrected chi connectivity index (χ3v) is 3.27. The number of aryl methyl sites for hydroxylation is 1. The molecule has 0 spiro atoms. The number of benzene rings is 1. The predicted octanol–water partition coefficient (Wildman–Crippen LogP) is 1.78. The van der Waals surface area contributed by atoms with Crippen molar-refractivity contribution in [1.29, 1.82) is 0 Å². The van der Waals surface area contributed by atoms with Crippen LogP contribution in [-0.4, -0.2) is 29.5 Å². The first-order valence-corrected chi connectivity index (χ1v) is 6.27. The summed E-state index contributed by atoms with van der Waals surface area (Å²) in [6, 6.07) is 8.19. The maximum absolute atomic E-state index is 5.73. The van der Waals surface area contributed by atoms with Crippen molar-refractivity contribution in [3.8, 4) is 11.4 Å². The van der Waals surface area contributed by atoms with Crippen LogP contribution in [0.5, 0.6) is 5.75 Å². The first-order chi connectivity index (χ1) is 8.83. The van der Waals surface area contributed by atoms with Gasteiger partial charge in [0.2, 0.25) is 0 Å². The second-order valence-corrected chi connectivity index (χ2v) is 4.74. The van der Waals surface area contributed by atoms with E-state index in [4.69, 9.17) is 4.74 Å². The van der Waals surface area contributed by atoms with Gasteiger partial charge in [-0.25, -0.2) is 4.68 Å². The summed E-state index contributed by atoms with van der Waals surface area (Å²) in [6.07, 6.45) is 3.72. The minimum absolute atomic E-state index is 0.645. The fourth-order valence-corrected chi connectivity index (χ4v) is 2.01. The van der Waals surface area contributed by atoms with Crippen molar-refractivity contribution in [2.75, 3.05) is 19.7 Å². The SMILES string of the molecule is Cc1ccccc1-n1cc(OCC2CNC2)cn1. The lowest BCUT2D eigenvalue weighted by atomic mass is 10.1. The molecule has 0 unspecified atom stereocenters. The molecule has 0 radical (unpaired) electrons. The van der Waals surface area contributed by atoms with Gasteiger partial charge in [-0.1, -0.05) is 18.2 Å². The van der Waals surface area contributed by atoms with E-state index in [1.807, 2.05) is 23.0 Å². The van der Waals surface area contributed by atoms with E-state index in [2.05, 4.69) is 29.5 Å². The minimum Gasteiger partial charge on any atom is -0.490 e. The number of aromatic nitrogens is 2. The van der Waals surface area contributed by atoms with Gasteiger partial charge in [-0.3, -0.25) is 0 Å². The van der Waals surface area contributed by atoms with Crippen molar-refractivity contribution >= 4 is 0 Å². The van der Waals surface area contributed by atoms with Crippen molar-refractivity contribution in [1.82, 2.24) is 15.1 Å². The van der Waals surface area contributed by atoms with E-state index >= 15 is 0 Å². The van der Waals surface area contributed by atoms with E-state index in [-0.39, 0.29) is 0 Å². The summed E-state index contributed by atoms with van der Waals surface area (Å²) in [4.78, 5) is 0. The molecule has 0 aliphatic carbocycles. The van der Waals surface area contributed by atoms with Gasteiger partial charge in [0.1, 0.15) is 0 Å². The Hall–Kier alpha value is -1.81. The quantitative estimate of drug-likeness (QED) is 0.889. The lowest BCUT2D eigenvalue weighted by Gasteiger charge is -2.26. The summed E-state index contributed by atoms with van der Waals surface area (Å²) in [6.45, 7) is 4.97. The highest BCUT2D eigenvalue weighted by atomic mass is 16.5. The smallest absolute Gasteiger partial charge is 0.157 e. The fourth-order valence-electron chi connectivity index (χ4n) is 2.01. The number of nitrogens with zero attached hydrogens (tertiary/aromatic N) is 2. The van der Waals surface area contributed by atoms with Crippen molar-refractivity contribution in [2.24, 2.45) is 5.92 Å². The lowest BCUT2D eigenvalue weighted by molar-refractivity contribution is 0.199. The normalized spacial score (nSPS) is 15.4. The van der Waals surface area contributed by atoms with Crippen LogP contribution < -0.4 is 10.1 Å². The summed E-state index contributed by atoms with van der Waals surface area (Å²) in [5.74, 6) is 1.48. The Morgan fingerprint density at radius 3 is 2.94 bits per heavy atom. The molecule has 1 aromatic heterocycles. The Kier molecular flexibility index (Phi) is 3.02. The zero-order chi connectivity index (χ0) is 12.4. The van der Waals surface area contributed by atoms with Gasteiger partial charge in [0.25, 0.3) is 0 Å². The topological polar surface area (TPSA) is 39.1 Å². The third kappa shape index (κ3) is 2.24. The number of ether oxygens (including phenoxy) is 1. The van der Waals surface area contributed by atoms with Crippen LogP contribution in [0.4, 0.5) is 0 Å². The molecule has 2 aromatic rings. The zero-order valence-electron chi connectivity index (χ0n) is 10.5.